The predicted molar refractivity (Wildman–Crippen MR) is 57.8 cm³/mol. The number of nitrogens with two attached hydrogens (primary N) is 1. The predicted octanol–water partition coefficient (Wildman–Crippen LogP) is 1.27. The Hall–Kier alpha value is -2.86. The van der Waals surface area contributed by atoms with Gasteiger partial charge in [0, 0.05) is 11.8 Å². The average molecular weight is 230 g/mol. The number of rotatable bonds is 3. The highest BCUT2D eigenvalue weighted by molar-refractivity contribution is 5.93. The normalized spacial score (nSPS) is 8.65. The Morgan fingerprint density at radius 1 is 1.41 bits per heavy atom. The van der Waals surface area contributed by atoms with Crippen LogP contribution in [-0.2, 0) is 0 Å². The second kappa shape index (κ2) is 5.29. The number of primary amides is 1. The van der Waals surface area contributed by atoms with Crippen LogP contribution in [0.2, 0.25) is 0 Å². The van der Waals surface area contributed by atoms with Gasteiger partial charge in [-0.1, -0.05) is 0 Å². The minimum atomic E-state index is -0.696. The Morgan fingerprint density at radius 2 is 2.06 bits per heavy atom. The number of nitriles is 2. The van der Waals surface area contributed by atoms with Crippen molar-refractivity contribution in [2.24, 2.45) is 5.73 Å². The third-order valence-electron chi connectivity index (χ3n) is 1.86. The summed E-state index contributed by atoms with van der Waals surface area (Å²) in [5.74, 6) is -1.32. The van der Waals surface area contributed by atoms with Crippen molar-refractivity contribution >= 4 is 11.6 Å². The van der Waals surface area contributed by atoms with Gasteiger partial charge in [0.2, 0.25) is 5.91 Å². The van der Waals surface area contributed by atoms with E-state index in [1.54, 1.807) is 12.1 Å². The number of allylic oxidation sites excluding steroid dienone is 1. The highest BCUT2D eigenvalue weighted by atomic mass is 19.1. The van der Waals surface area contributed by atoms with Crippen molar-refractivity contribution in [3.63, 3.8) is 0 Å². The summed E-state index contributed by atoms with van der Waals surface area (Å²) in [6.07, 6.45) is 1.04. The van der Waals surface area contributed by atoms with Crippen molar-refractivity contribution in [3.8, 4) is 12.1 Å². The first kappa shape index (κ1) is 12.2. The molecule has 0 radical (unpaired) electrons. The topological polar surface area (TPSA) is 103 Å². The van der Waals surface area contributed by atoms with Crippen LogP contribution in [0.1, 0.15) is 10.4 Å². The smallest absolute Gasteiger partial charge is 0.248 e. The molecule has 0 aliphatic carbocycles. The summed E-state index contributed by atoms with van der Waals surface area (Å²) in [5.41, 5.74) is 4.90. The molecule has 1 aromatic rings. The van der Waals surface area contributed by atoms with Gasteiger partial charge in [0.05, 0.1) is 5.69 Å². The third kappa shape index (κ3) is 3.05. The van der Waals surface area contributed by atoms with Gasteiger partial charge in [-0.05, 0) is 18.2 Å². The van der Waals surface area contributed by atoms with E-state index in [-0.39, 0.29) is 16.8 Å². The van der Waals surface area contributed by atoms with Gasteiger partial charge in [0.15, 0.2) is 0 Å². The first-order valence-corrected chi connectivity index (χ1v) is 4.44. The second-order valence-electron chi connectivity index (χ2n) is 2.98. The van der Waals surface area contributed by atoms with Crippen LogP contribution < -0.4 is 11.1 Å². The van der Waals surface area contributed by atoms with Crippen LogP contribution in [0.4, 0.5) is 10.1 Å². The van der Waals surface area contributed by atoms with E-state index < -0.39 is 11.7 Å². The number of benzene rings is 1. The number of hydrogen-bond acceptors (Lipinski definition) is 4. The van der Waals surface area contributed by atoms with E-state index in [2.05, 4.69) is 5.32 Å². The van der Waals surface area contributed by atoms with Crippen LogP contribution in [0, 0.1) is 28.5 Å². The van der Waals surface area contributed by atoms with Crippen LogP contribution in [0.3, 0.4) is 0 Å². The lowest BCUT2D eigenvalue weighted by Gasteiger charge is -2.04. The fourth-order valence-electron chi connectivity index (χ4n) is 1.03. The van der Waals surface area contributed by atoms with Crippen LogP contribution in [0.5, 0.6) is 0 Å². The van der Waals surface area contributed by atoms with Gasteiger partial charge in [-0.3, -0.25) is 4.79 Å². The summed E-state index contributed by atoms with van der Waals surface area (Å²) in [7, 11) is 0. The standard InChI is InChI=1S/C11H7FN4O/c12-9-2-1-8(11(15)17)3-10(9)16-6-7(4-13)5-14/h1-3,6,16H,(H2,15,17). The molecule has 0 fully saturated rings. The molecule has 84 valence electrons. The molecule has 17 heavy (non-hydrogen) atoms. The molecule has 0 aliphatic heterocycles. The molecule has 0 saturated heterocycles. The van der Waals surface area contributed by atoms with Crippen LogP contribution >= 0.6 is 0 Å². The monoisotopic (exact) mass is 230 g/mol. The summed E-state index contributed by atoms with van der Waals surface area (Å²) in [6.45, 7) is 0. The Labute approximate surface area is 96.6 Å². The van der Waals surface area contributed by atoms with E-state index in [0.29, 0.717) is 0 Å². The van der Waals surface area contributed by atoms with E-state index in [1.165, 1.54) is 12.1 Å². The zero-order valence-electron chi connectivity index (χ0n) is 8.57. The SMILES string of the molecule is N#CC(C#N)=CNc1cc(C(N)=O)ccc1F. The van der Waals surface area contributed by atoms with Crippen molar-refractivity contribution in [1.82, 2.24) is 0 Å². The largest absolute Gasteiger partial charge is 0.366 e. The minimum Gasteiger partial charge on any atom is -0.366 e. The summed E-state index contributed by atoms with van der Waals surface area (Å²) in [5, 5.41) is 19.4. The summed E-state index contributed by atoms with van der Waals surface area (Å²) in [6, 6.07) is 6.70. The molecule has 0 heterocycles. The maximum absolute atomic E-state index is 13.3. The van der Waals surface area contributed by atoms with Crippen LogP contribution in [-0.4, -0.2) is 5.91 Å². The maximum Gasteiger partial charge on any atom is 0.248 e. The number of anilines is 1. The molecule has 1 aromatic carbocycles. The van der Waals surface area contributed by atoms with Gasteiger partial charge in [-0.2, -0.15) is 10.5 Å². The summed E-state index contributed by atoms with van der Waals surface area (Å²) in [4.78, 5) is 10.9. The fraction of sp³-hybridized carbons (Fsp3) is 0. The zero-order chi connectivity index (χ0) is 12.8. The second-order valence-corrected chi connectivity index (χ2v) is 2.98. The summed E-state index contributed by atoms with van der Waals surface area (Å²) >= 11 is 0. The molecule has 0 unspecified atom stereocenters. The quantitative estimate of drug-likeness (QED) is 0.763. The molecule has 0 aromatic heterocycles. The molecule has 5 nitrogen and oxygen atoms in total. The lowest BCUT2D eigenvalue weighted by atomic mass is 10.2. The third-order valence-corrected chi connectivity index (χ3v) is 1.86. The molecule has 3 N–H and O–H groups in total. The van der Waals surface area contributed by atoms with Crippen molar-refractivity contribution < 1.29 is 9.18 Å². The van der Waals surface area contributed by atoms with Gasteiger partial charge in [-0.25, -0.2) is 4.39 Å². The van der Waals surface area contributed by atoms with Gasteiger partial charge in [0.25, 0.3) is 0 Å². The Balaban J connectivity index is 3.04. The first-order chi connectivity index (χ1) is 8.08. The average Bonchev–Trinajstić information content (AvgIpc) is 2.32. The Morgan fingerprint density at radius 3 is 2.59 bits per heavy atom. The molecule has 0 saturated carbocycles. The number of nitrogens with one attached hydrogen (secondary N) is 1. The van der Waals surface area contributed by atoms with E-state index in [9.17, 15) is 9.18 Å². The number of halogens is 1. The highest BCUT2D eigenvalue weighted by Crippen LogP contribution is 2.16. The van der Waals surface area contributed by atoms with Gasteiger partial charge < -0.3 is 11.1 Å². The van der Waals surface area contributed by atoms with Crippen molar-refractivity contribution in [2.75, 3.05) is 5.32 Å². The molecule has 1 rings (SSSR count). The zero-order valence-corrected chi connectivity index (χ0v) is 8.57. The Kier molecular flexibility index (Phi) is 3.80. The molecule has 0 aliphatic rings. The van der Waals surface area contributed by atoms with E-state index in [0.717, 1.165) is 12.3 Å². The lowest BCUT2D eigenvalue weighted by Crippen LogP contribution is -2.11. The summed E-state index contributed by atoms with van der Waals surface area (Å²) < 4.78 is 13.3. The van der Waals surface area contributed by atoms with Crippen molar-refractivity contribution in [3.05, 3.63) is 41.4 Å². The maximum atomic E-state index is 13.3. The Bertz CT molecular complexity index is 550. The van der Waals surface area contributed by atoms with Gasteiger partial charge in [-0.15, -0.1) is 0 Å². The highest BCUT2D eigenvalue weighted by Gasteiger charge is 2.06. The van der Waals surface area contributed by atoms with Crippen molar-refractivity contribution in [1.29, 1.82) is 10.5 Å². The van der Waals surface area contributed by atoms with Crippen LogP contribution in [0.15, 0.2) is 30.0 Å². The molecule has 1 amide bonds. The molecule has 6 heteroatoms. The lowest BCUT2D eigenvalue weighted by molar-refractivity contribution is 0.100. The van der Waals surface area contributed by atoms with E-state index in [1.807, 2.05) is 0 Å². The fourth-order valence-corrected chi connectivity index (χ4v) is 1.03. The number of nitrogens with zero attached hydrogens (tertiary/aromatic N) is 2. The number of carbonyl (C=O) groups excluding carboxylic acids is 1. The minimum absolute atomic E-state index is 0.0377. The number of amides is 1. The van der Waals surface area contributed by atoms with E-state index in [4.69, 9.17) is 16.3 Å². The molecule has 0 bridgehead atoms. The molecular weight excluding hydrogens is 223 g/mol. The van der Waals surface area contributed by atoms with Crippen LogP contribution in [0.25, 0.3) is 0 Å². The molecule has 0 atom stereocenters. The van der Waals surface area contributed by atoms with Gasteiger partial charge in [0.1, 0.15) is 23.5 Å². The van der Waals surface area contributed by atoms with E-state index >= 15 is 0 Å². The number of carbonyl (C=O) groups is 1. The molecular formula is C11H7FN4O. The van der Waals surface area contributed by atoms with Crippen molar-refractivity contribution in [2.45, 2.75) is 0 Å². The molecule has 0 spiro atoms. The first-order valence-electron chi connectivity index (χ1n) is 4.44. The number of hydrogen-bond donors (Lipinski definition) is 2. The van der Waals surface area contributed by atoms with Gasteiger partial charge >= 0.3 is 0 Å².